The van der Waals surface area contributed by atoms with Crippen LogP contribution in [-0.2, 0) is 20.2 Å². The van der Waals surface area contributed by atoms with Crippen molar-refractivity contribution in [2.75, 3.05) is 54.5 Å². The molecule has 15 heteroatoms. The first-order valence-electron chi connectivity index (χ1n) is 14.9. The van der Waals surface area contributed by atoms with Crippen LogP contribution < -0.4 is 24.4 Å². The zero-order chi connectivity index (χ0) is 34.7. The van der Waals surface area contributed by atoms with Gasteiger partial charge in [-0.3, -0.25) is 9.52 Å². The number of benzene rings is 2. The third-order valence-electron chi connectivity index (χ3n) is 6.94. The van der Waals surface area contributed by atoms with Gasteiger partial charge in [-0.15, -0.1) is 0 Å². The van der Waals surface area contributed by atoms with E-state index >= 15 is 0 Å². The summed E-state index contributed by atoms with van der Waals surface area (Å²) < 4.78 is 58.2. The van der Waals surface area contributed by atoms with Crippen molar-refractivity contribution in [1.82, 2.24) is 14.9 Å². The number of aromatic nitrogens is 2. The highest BCUT2D eigenvalue weighted by Crippen LogP contribution is 2.39. The normalized spacial score (nSPS) is 14.0. The van der Waals surface area contributed by atoms with E-state index in [2.05, 4.69) is 20.0 Å². The molecule has 47 heavy (non-hydrogen) atoms. The summed E-state index contributed by atoms with van der Waals surface area (Å²) in [6.07, 6.45) is 2.10. The van der Waals surface area contributed by atoms with Gasteiger partial charge in [-0.05, 0) is 62.1 Å². The van der Waals surface area contributed by atoms with Crippen LogP contribution in [0.25, 0.3) is 0 Å². The Morgan fingerprint density at radius 3 is 2.21 bits per heavy atom. The number of amides is 2. The van der Waals surface area contributed by atoms with Crippen LogP contribution in [0.1, 0.15) is 57.5 Å². The van der Waals surface area contributed by atoms with Crippen molar-refractivity contribution < 1.29 is 36.6 Å². The first kappa shape index (κ1) is 35.2. The van der Waals surface area contributed by atoms with Crippen LogP contribution in [0.3, 0.4) is 0 Å². The molecule has 2 aromatic carbocycles. The molecule has 13 nitrogen and oxygen atoms in total. The van der Waals surface area contributed by atoms with E-state index in [0.29, 0.717) is 32.1 Å². The number of piperazine rings is 1. The Balaban J connectivity index is 1.52. The van der Waals surface area contributed by atoms with Crippen molar-refractivity contribution in [2.24, 2.45) is 0 Å². The van der Waals surface area contributed by atoms with Gasteiger partial charge in [0.15, 0.2) is 17.3 Å². The SMILES string of the molecule is COc1c(NC(=O)c2ccc(F)c(Oc3ccnc(N4CCN(C(=O)OC(C)(C)C)CC4)n3)c2)cc(C(C)(C)C)cc1NS(C)(=O)=O. The van der Waals surface area contributed by atoms with Crippen LogP contribution >= 0.6 is 0 Å². The summed E-state index contributed by atoms with van der Waals surface area (Å²) in [6, 6.07) is 8.44. The smallest absolute Gasteiger partial charge is 0.410 e. The molecule has 0 saturated carbocycles. The van der Waals surface area contributed by atoms with Crippen molar-refractivity contribution >= 4 is 39.3 Å². The summed E-state index contributed by atoms with van der Waals surface area (Å²) in [7, 11) is -2.31. The minimum absolute atomic E-state index is 0.0528. The largest absolute Gasteiger partial charge is 0.492 e. The summed E-state index contributed by atoms with van der Waals surface area (Å²) in [5, 5.41) is 2.76. The second-order valence-corrected chi connectivity index (χ2v) is 14.8. The molecule has 0 bridgehead atoms. The highest BCUT2D eigenvalue weighted by atomic mass is 32.2. The summed E-state index contributed by atoms with van der Waals surface area (Å²) in [6.45, 7) is 13.0. The third kappa shape index (κ3) is 9.44. The fourth-order valence-corrected chi connectivity index (χ4v) is 5.19. The first-order chi connectivity index (χ1) is 21.8. The molecule has 2 N–H and O–H groups in total. The van der Waals surface area contributed by atoms with Gasteiger partial charge in [0.2, 0.25) is 21.9 Å². The van der Waals surface area contributed by atoms with Crippen LogP contribution in [0.15, 0.2) is 42.6 Å². The average molecular weight is 673 g/mol. The van der Waals surface area contributed by atoms with Gasteiger partial charge in [0.05, 0.1) is 24.7 Å². The highest BCUT2D eigenvalue weighted by molar-refractivity contribution is 7.92. The van der Waals surface area contributed by atoms with Crippen molar-refractivity contribution in [2.45, 2.75) is 52.6 Å². The third-order valence-corrected chi connectivity index (χ3v) is 7.53. The van der Waals surface area contributed by atoms with Gasteiger partial charge in [-0.25, -0.2) is 22.6 Å². The molecule has 1 aliphatic heterocycles. The van der Waals surface area contributed by atoms with E-state index < -0.39 is 32.8 Å². The molecule has 254 valence electrons. The number of hydrogen-bond donors (Lipinski definition) is 2. The second kappa shape index (κ2) is 13.6. The van der Waals surface area contributed by atoms with Crippen molar-refractivity contribution in [3.63, 3.8) is 0 Å². The lowest BCUT2D eigenvalue weighted by molar-refractivity contribution is 0.0240. The molecule has 0 unspecified atom stereocenters. The zero-order valence-corrected chi connectivity index (χ0v) is 28.6. The number of nitrogens with zero attached hydrogens (tertiary/aromatic N) is 4. The molecule has 2 amide bonds. The predicted molar refractivity (Wildman–Crippen MR) is 177 cm³/mol. The summed E-state index contributed by atoms with van der Waals surface area (Å²) >= 11 is 0. The molecule has 3 aromatic rings. The fraction of sp³-hybridized carbons (Fsp3) is 0.438. The average Bonchev–Trinajstić information content (AvgIpc) is 2.96. The Kier molecular flexibility index (Phi) is 10.2. The quantitative estimate of drug-likeness (QED) is 0.318. The van der Waals surface area contributed by atoms with E-state index in [9.17, 15) is 22.4 Å². The Morgan fingerprint density at radius 1 is 0.957 bits per heavy atom. The Bertz CT molecular complexity index is 1750. The Morgan fingerprint density at radius 2 is 1.62 bits per heavy atom. The number of ether oxygens (including phenoxy) is 3. The minimum Gasteiger partial charge on any atom is -0.492 e. The van der Waals surface area contributed by atoms with E-state index in [1.54, 1.807) is 17.0 Å². The molecule has 1 aliphatic rings. The molecule has 1 fully saturated rings. The van der Waals surface area contributed by atoms with E-state index in [4.69, 9.17) is 14.2 Å². The maximum Gasteiger partial charge on any atom is 0.410 e. The minimum atomic E-state index is -3.67. The van der Waals surface area contributed by atoms with Gasteiger partial charge >= 0.3 is 6.09 Å². The monoisotopic (exact) mass is 672 g/mol. The van der Waals surface area contributed by atoms with E-state index in [1.165, 1.54) is 31.5 Å². The maximum absolute atomic E-state index is 14.9. The molecule has 0 aliphatic carbocycles. The van der Waals surface area contributed by atoms with Crippen LogP contribution in [-0.4, -0.2) is 80.4 Å². The molecule has 2 heterocycles. The van der Waals surface area contributed by atoms with Gasteiger partial charge in [0.25, 0.3) is 5.91 Å². The van der Waals surface area contributed by atoms with Gasteiger partial charge in [0, 0.05) is 44.0 Å². The van der Waals surface area contributed by atoms with Crippen LogP contribution in [0.5, 0.6) is 17.4 Å². The Labute approximate surface area is 274 Å². The van der Waals surface area contributed by atoms with Crippen molar-refractivity contribution in [3.05, 3.63) is 59.5 Å². The number of anilines is 3. The Hall–Kier alpha value is -4.66. The topological polar surface area (TPSA) is 152 Å². The molecule has 1 aromatic heterocycles. The number of carbonyl (C=O) groups excluding carboxylic acids is 2. The molecular weight excluding hydrogens is 631 g/mol. The number of sulfonamides is 1. The standard InChI is InChI=1S/C32H41FN6O7S/c1-31(2,3)21-18-23(27(44-7)24(19-21)37-47(8,42)43)35-28(40)20-9-10-22(33)25(17-20)45-26-11-12-34-29(36-26)38-13-15-39(16-14-38)30(41)46-32(4,5)6/h9-12,17-19,37H,13-16H2,1-8H3,(H,35,40). The number of halogens is 1. The zero-order valence-electron chi connectivity index (χ0n) is 27.8. The summed E-state index contributed by atoms with van der Waals surface area (Å²) in [5.74, 6) is -1.08. The van der Waals surface area contributed by atoms with Gasteiger partial charge < -0.3 is 29.3 Å². The van der Waals surface area contributed by atoms with Crippen LogP contribution in [0.4, 0.5) is 26.5 Å². The van der Waals surface area contributed by atoms with E-state index in [0.717, 1.165) is 17.9 Å². The molecule has 0 atom stereocenters. The lowest BCUT2D eigenvalue weighted by Gasteiger charge is -2.35. The second-order valence-electron chi connectivity index (χ2n) is 13.1. The van der Waals surface area contributed by atoms with E-state index in [1.807, 2.05) is 46.4 Å². The number of carbonyl (C=O) groups is 2. The molecule has 0 radical (unpaired) electrons. The van der Waals surface area contributed by atoms with Crippen LogP contribution in [0, 0.1) is 5.82 Å². The maximum atomic E-state index is 14.9. The van der Waals surface area contributed by atoms with Gasteiger partial charge in [-0.2, -0.15) is 4.98 Å². The first-order valence-corrected chi connectivity index (χ1v) is 16.8. The molecule has 1 saturated heterocycles. The lowest BCUT2D eigenvalue weighted by Crippen LogP contribution is -2.50. The number of rotatable bonds is 8. The number of methoxy groups -OCH3 is 1. The fourth-order valence-electron chi connectivity index (χ4n) is 4.64. The lowest BCUT2D eigenvalue weighted by atomic mass is 9.86. The predicted octanol–water partition coefficient (Wildman–Crippen LogP) is 5.40. The van der Waals surface area contributed by atoms with Gasteiger partial charge in [-0.1, -0.05) is 20.8 Å². The number of hydrogen-bond acceptors (Lipinski definition) is 10. The van der Waals surface area contributed by atoms with E-state index in [-0.39, 0.29) is 40.4 Å². The number of nitrogens with one attached hydrogen (secondary N) is 2. The van der Waals surface area contributed by atoms with Gasteiger partial charge in [0.1, 0.15) is 5.60 Å². The molecule has 4 rings (SSSR count). The molecule has 0 spiro atoms. The van der Waals surface area contributed by atoms with Crippen molar-refractivity contribution in [3.8, 4) is 17.4 Å². The van der Waals surface area contributed by atoms with Crippen molar-refractivity contribution in [1.29, 1.82) is 0 Å². The summed E-state index contributed by atoms with van der Waals surface area (Å²) in [5.41, 5.74) is 0.172. The summed E-state index contributed by atoms with van der Waals surface area (Å²) in [4.78, 5) is 38.0. The molecular formula is C32H41FN6O7S. The highest BCUT2D eigenvalue weighted by Gasteiger charge is 2.27. The van der Waals surface area contributed by atoms with Crippen LogP contribution in [0.2, 0.25) is 0 Å².